The minimum Gasteiger partial charge on any atom is -0.493 e. The molecule has 2 aromatic carbocycles. The molecule has 0 unspecified atom stereocenters. The van der Waals surface area contributed by atoms with Crippen molar-refractivity contribution >= 4 is 17.8 Å². The second-order valence-corrected chi connectivity index (χ2v) is 6.17. The lowest BCUT2D eigenvalue weighted by Gasteiger charge is -2.26. The van der Waals surface area contributed by atoms with Crippen LogP contribution < -0.4 is 9.47 Å². The van der Waals surface area contributed by atoms with Crippen molar-refractivity contribution in [3.05, 3.63) is 59.2 Å². The van der Waals surface area contributed by atoms with Crippen LogP contribution >= 0.6 is 0 Å². The minimum atomic E-state index is -0.829. The first-order chi connectivity index (χ1) is 13.5. The molecular formula is C21H21NO6. The molecule has 7 heteroatoms. The normalized spacial score (nSPS) is 13.9. The zero-order valence-electron chi connectivity index (χ0n) is 15.9. The number of carbonyl (C=O) groups is 3. The van der Waals surface area contributed by atoms with Crippen LogP contribution in [-0.2, 0) is 9.53 Å². The third kappa shape index (κ3) is 3.43. The standard InChI is InChI=1S/C21H21NO6/c1-4-28-18-11-13(9-10-17(18)26-2)16(12-19(23)27-3)22-20(24)14-7-5-6-8-15(14)21(22)25/h5-11,16H,4,12H2,1-3H3/t16-/m1/s1. The van der Waals surface area contributed by atoms with Crippen LogP contribution in [0.5, 0.6) is 11.5 Å². The number of nitrogens with zero attached hydrogens (tertiary/aromatic N) is 1. The molecular weight excluding hydrogens is 362 g/mol. The average Bonchev–Trinajstić information content (AvgIpc) is 2.97. The first-order valence-electron chi connectivity index (χ1n) is 8.86. The van der Waals surface area contributed by atoms with E-state index in [-0.39, 0.29) is 6.42 Å². The van der Waals surface area contributed by atoms with E-state index >= 15 is 0 Å². The highest BCUT2D eigenvalue weighted by atomic mass is 16.5. The molecule has 146 valence electrons. The lowest BCUT2D eigenvalue weighted by atomic mass is 10.0. The van der Waals surface area contributed by atoms with Crippen molar-refractivity contribution in [2.45, 2.75) is 19.4 Å². The van der Waals surface area contributed by atoms with E-state index in [0.29, 0.717) is 34.8 Å². The number of hydrogen-bond acceptors (Lipinski definition) is 6. The van der Waals surface area contributed by atoms with E-state index in [1.54, 1.807) is 42.5 Å². The summed E-state index contributed by atoms with van der Waals surface area (Å²) in [6, 6.07) is 10.8. The molecule has 2 aromatic rings. The molecule has 0 spiro atoms. The van der Waals surface area contributed by atoms with Gasteiger partial charge in [-0.15, -0.1) is 0 Å². The molecule has 0 fully saturated rings. The summed E-state index contributed by atoms with van der Waals surface area (Å²) in [6.07, 6.45) is -0.167. The fraction of sp³-hybridized carbons (Fsp3) is 0.286. The molecule has 1 heterocycles. The van der Waals surface area contributed by atoms with Gasteiger partial charge in [0.1, 0.15) is 0 Å². The maximum atomic E-state index is 12.9. The summed E-state index contributed by atoms with van der Waals surface area (Å²) in [4.78, 5) is 39.0. The summed E-state index contributed by atoms with van der Waals surface area (Å²) in [5, 5.41) is 0. The predicted octanol–water partition coefficient (Wildman–Crippen LogP) is 2.99. The molecule has 1 atom stereocenters. The highest BCUT2D eigenvalue weighted by Gasteiger charge is 2.41. The first-order valence-corrected chi connectivity index (χ1v) is 8.86. The number of fused-ring (bicyclic) bond motifs is 1. The number of hydrogen-bond donors (Lipinski definition) is 0. The lowest BCUT2D eigenvalue weighted by molar-refractivity contribution is -0.141. The molecule has 0 aliphatic carbocycles. The number of rotatable bonds is 7. The molecule has 2 amide bonds. The van der Waals surface area contributed by atoms with Gasteiger partial charge in [0.2, 0.25) is 0 Å². The van der Waals surface area contributed by atoms with Gasteiger partial charge in [-0.3, -0.25) is 19.3 Å². The molecule has 3 rings (SSSR count). The number of imide groups is 1. The summed E-state index contributed by atoms with van der Waals surface area (Å²) in [6.45, 7) is 2.25. The van der Waals surface area contributed by atoms with Crippen molar-refractivity contribution in [3.8, 4) is 11.5 Å². The number of methoxy groups -OCH3 is 2. The Bertz CT molecular complexity index is 888. The molecule has 0 saturated heterocycles. The topological polar surface area (TPSA) is 82.1 Å². The van der Waals surface area contributed by atoms with Gasteiger partial charge in [0.05, 0.1) is 44.4 Å². The van der Waals surface area contributed by atoms with E-state index < -0.39 is 23.8 Å². The molecule has 1 aliphatic rings. The maximum Gasteiger partial charge on any atom is 0.307 e. The molecule has 0 bridgehead atoms. The Morgan fingerprint density at radius 1 is 1.00 bits per heavy atom. The molecule has 7 nitrogen and oxygen atoms in total. The molecule has 0 radical (unpaired) electrons. The minimum absolute atomic E-state index is 0.167. The van der Waals surface area contributed by atoms with E-state index in [4.69, 9.17) is 14.2 Å². The fourth-order valence-corrected chi connectivity index (χ4v) is 3.26. The van der Waals surface area contributed by atoms with Crippen LogP contribution in [0.4, 0.5) is 0 Å². The van der Waals surface area contributed by atoms with Crippen LogP contribution in [0.2, 0.25) is 0 Å². The van der Waals surface area contributed by atoms with Gasteiger partial charge < -0.3 is 14.2 Å². The van der Waals surface area contributed by atoms with Gasteiger partial charge in [-0.2, -0.15) is 0 Å². The smallest absolute Gasteiger partial charge is 0.307 e. The second kappa shape index (κ2) is 8.12. The number of carbonyl (C=O) groups excluding carboxylic acids is 3. The predicted molar refractivity (Wildman–Crippen MR) is 100 cm³/mol. The van der Waals surface area contributed by atoms with E-state index in [1.807, 2.05) is 6.92 Å². The number of esters is 1. The molecule has 0 N–H and O–H groups in total. The van der Waals surface area contributed by atoms with Gasteiger partial charge in [-0.25, -0.2) is 0 Å². The fourth-order valence-electron chi connectivity index (χ4n) is 3.26. The largest absolute Gasteiger partial charge is 0.493 e. The van der Waals surface area contributed by atoms with Crippen LogP contribution in [0.25, 0.3) is 0 Å². The summed E-state index contributed by atoms with van der Waals surface area (Å²) in [7, 11) is 2.79. The van der Waals surface area contributed by atoms with Crippen molar-refractivity contribution in [2.75, 3.05) is 20.8 Å². The van der Waals surface area contributed by atoms with Gasteiger partial charge in [0, 0.05) is 0 Å². The molecule has 0 saturated carbocycles. The highest BCUT2D eigenvalue weighted by molar-refractivity contribution is 6.21. The second-order valence-electron chi connectivity index (χ2n) is 6.17. The van der Waals surface area contributed by atoms with E-state index in [9.17, 15) is 14.4 Å². The molecule has 28 heavy (non-hydrogen) atoms. The Hall–Kier alpha value is -3.35. The SMILES string of the molecule is CCOc1cc([C@@H](CC(=O)OC)N2C(=O)c3ccccc3C2=O)ccc1OC. The van der Waals surface area contributed by atoms with Crippen molar-refractivity contribution < 1.29 is 28.6 Å². The van der Waals surface area contributed by atoms with Crippen molar-refractivity contribution in [3.63, 3.8) is 0 Å². The summed E-state index contributed by atoms with van der Waals surface area (Å²) in [5.74, 6) is -0.430. The van der Waals surface area contributed by atoms with E-state index in [0.717, 1.165) is 4.90 Å². The van der Waals surface area contributed by atoms with Crippen molar-refractivity contribution in [2.24, 2.45) is 0 Å². The highest BCUT2D eigenvalue weighted by Crippen LogP contribution is 2.37. The number of amides is 2. The Labute approximate surface area is 162 Å². The number of ether oxygens (including phenoxy) is 3. The van der Waals surface area contributed by atoms with Crippen molar-refractivity contribution in [1.29, 1.82) is 0 Å². The maximum absolute atomic E-state index is 12.9. The Balaban J connectivity index is 2.06. The zero-order valence-corrected chi connectivity index (χ0v) is 15.9. The lowest BCUT2D eigenvalue weighted by Crippen LogP contribution is -2.35. The third-order valence-electron chi connectivity index (χ3n) is 4.60. The Kier molecular flexibility index (Phi) is 5.63. The molecule has 0 aromatic heterocycles. The summed E-state index contributed by atoms with van der Waals surface area (Å²) in [5.41, 5.74) is 1.21. The summed E-state index contributed by atoms with van der Waals surface area (Å²) >= 11 is 0. The van der Waals surface area contributed by atoms with E-state index in [1.165, 1.54) is 14.2 Å². The third-order valence-corrected chi connectivity index (χ3v) is 4.60. The van der Waals surface area contributed by atoms with Gasteiger partial charge in [0.15, 0.2) is 11.5 Å². The zero-order chi connectivity index (χ0) is 20.3. The van der Waals surface area contributed by atoms with Gasteiger partial charge in [-0.1, -0.05) is 18.2 Å². The van der Waals surface area contributed by atoms with Crippen LogP contribution in [-0.4, -0.2) is 43.5 Å². The molecule has 1 aliphatic heterocycles. The Morgan fingerprint density at radius 2 is 1.64 bits per heavy atom. The van der Waals surface area contributed by atoms with Crippen LogP contribution in [0.3, 0.4) is 0 Å². The first kappa shape index (κ1) is 19.4. The van der Waals surface area contributed by atoms with Crippen molar-refractivity contribution in [1.82, 2.24) is 4.90 Å². The van der Waals surface area contributed by atoms with Gasteiger partial charge in [0.25, 0.3) is 11.8 Å². The Morgan fingerprint density at radius 3 is 2.18 bits per heavy atom. The quantitative estimate of drug-likeness (QED) is 0.540. The number of benzene rings is 2. The van der Waals surface area contributed by atoms with Gasteiger partial charge >= 0.3 is 5.97 Å². The average molecular weight is 383 g/mol. The van der Waals surface area contributed by atoms with Crippen LogP contribution in [0.1, 0.15) is 45.7 Å². The monoisotopic (exact) mass is 383 g/mol. The van der Waals surface area contributed by atoms with Crippen LogP contribution in [0.15, 0.2) is 42.5 Å². The summed E-state index contributed by atoms with van der Waals surface area (Å²) < 4.78 is 15.7. The van der Waals surface area contributed by atoms with Gasteiger partial charge in [-0.05, 0) is 36.8 Å². The van der Waals surface area contributed by atoms with E-state index in [2.05, 4.69) is 0 Å². The van der Waals surface area contributed by atoms with Crippen LogP contribution in [0, 0.1) is 0 Å².